The van der Waals surface area contributed by atoms with E-state index in [2.05, 4.69) is 14.7 Å². The van der Waals surface area contributed by atoms with Gasteiger partial charge in [-0.1, -0.05) is 0 Å². The molecule has 27 heavy (non-hydrogen) atoms. The van der Waals surface area contributed by atoms with Gasteiger partial charge in [0.1, 0.15) is 6.54 Å². The van der Waals surface area contributed by atoms with Crippen molar-refractivity contribution in [2.45, 2.75) is 32.7 Å². The fourth-order valence-electron chi connectivity index (χ4n) is 2.84. The first-order valence-electron chi connectivity index (χ1n) is 7.98. The van der Waals surface area contributed by atoms with E-state index < -0.39 is 24.4 Å². The Morgan fingerprint density at radius 1 is 1.22 bits per heavy atom. The number of hydrogen-bond donors (Lipinski definition) is 0. The highest BCUT2D eigenvalue weighted by Gasteiger charge is 2.31. The van der Waals surface area contributed by atoms with Gasteiger partial charge in [-0.2, -0.15) is 13.2 Å². The number of halogens is 3. The smallest absolute Gasteiger partial charge is 0.406 e. The number of carbonyl (C=O) groups excluding carboxylic acids is 1. The minimum atomic E-state index is -4.59. The van der Waals surface area contributed by atoms with E-state index in [1.807, 2.05) is 6.92 Å². The van der Waals surface area contributed by atoms with E-state index in [0.29, 0.717) is 16.8 Å². The van der Waals surface area contributed by atoms with Gasteiger partial charge in [-0.3, -0.25) is 9.13 Å². The number of alkyl halides is 3. The Labute approximate surface area is 150 Å². The number of nitrogens with zero attached hydrogens (tertiary/aromatic N) is 5. The van der Waals surface area contributed by atoms with Gasteiger partial charge >= 0.3 is 17.8 Å². The lowest BCUT2D eigenvalue weighted by atomic mass is 10.3. The molecule has 0 N–H and O–H groups in total. The van der Waals surface area contributed by atoms with Gasteiger partial charge in [-0.25, -0.2) is 19.6 Å². The van der Waals surface area contributed by atoms with Gasteiger partial charge in [-0.05, 0) is 13.0 Å². The maximum atomic E-state index is 12.9. The summed E-state index contributed by atoms with van der Waals surface area (Å²) in [5, 5.41) is 0. The highest BCUT2D eigenvalue weighted by molar-refractivity contribution is 5.91. The molecule has 0 saturated heterocycles. The van der Waals surface area contributed by atoms with Gasteiger partial charge in [0.05, 0.1) is 42.9 Å². The zero-order valence-electron chi connectivity index (χ0n) is 14.5. The standard InChI is InChI=1S/C16H16F3N5O3/c1-3-22-9-20-5-10(22)7-23-12-4-11(14(25)27-2)21-6-13(12)24(15(23)26)8-16(17,18)19/h4-6,9H,3,7-8H2,1-2H3. The Hall–Kier alpha value is -3.11. The predicted octanol–water partition coefficient (Wildman–Crippen LogP) is 1.81. The third-order valence-corrected chi connectivity index (χ3v) is 4.10. The molecule has 0 radical (unpaired) electrons. The summed E-state index contributed by atoms with van der Waals surface area (Å²) in [6.45, 7) is 1.00. The minimum absolute atomic E-state index is 0.00133. The van der Waals surface area contributed by atoms with Crippen molar-refractivity contribution >= 4 is 17.0 Å². The van der Waals surface area contributed by atoms with E-state index in [4.69, 9.17) is 0 Å². The molecule has 0 bridgehead atoms. The van der Waals surface area contributed by atoms with Crippen LogP contribution in [-0.2, 0) is 24.4 Å². The number of rotatable bonds is 5. The summed E-state index contributed by atoms with van der Waals surface area (Å²) in [6.07, 6.45) is -0.417. The van der Waals surface area contributed by atoms with Crippen molar-refractivity contribution < 1.29 is 22.7 Å². The monoisotopic (exact) mass is 383 g/mol. The lowest BCUT2D eigenvalue weighted by Gasteiger charge is -2.07. The SMILES string of the molecule is CCn1cncc1Cn1c(=O)n(CC(F)(F)F)c2cnc(C(=O)OC)cc21. The Kier molecular flexibility index (Phi) is 4.77. The van der Waals surface area contributed by atoms with Crippen LogP contribution in [0, 0.1) is 0 Å². The number of carbonyl (C=O) groups is 1. The predicted molar refractivity (Wildman–Crippen MR) is 88.4 cm³/mol. The van der Waals surface area contributed by atoms with Gasteiger partial charge in [0, 0.05) is 12.7 Å². The number of esters is 1. The number of imidazole rings is 2. The zero-order chi connectivity index (χ0) is 19.8. The molecule has 0 saturated carbocycles. The second-order valence-electron chi connectivity index (χ2n) is 5.79. The van der Waals surface area contributed by atoms with E-state index in [1.54, 1.807) is 10.9 Å². The Morgan fingerprint density at radius 2 is 1.96 bits per heavy atom. The van der Waals surface area contributed by atoms with Gasteiger partial charge in [-0.15, -0.1) is 0 Å². The molecule has 0 aliphatic rings. The van der Waals surface area contributed by atoms with Crippen LogP contribution < -0.4 is 5.69 Å². The largest absolute Gasteiger partial charge is 0.464 e. The van der Waals surface area contributed by atoms with Crippen LogP contribution in [0.2, 0.25) is 0 Å². The lowest BCUT2D eigenvalue weighted by molar-refractivity contribution is -0.140. The molecule has 144 valence electrons. The summed E-state index contributed by atoms with van der Waals surface area (Å²) in [5.41, 5.74) is -0.181. The Bertz CT molecular complexity index is 1050. The van der Waals surface area contributed by atoms with Gasteiger partial charge in [0.15, 0.2) is 5.69 Å². The van der Waals surface area contributed by atoms with E-state index in [0.717, 1.165) is 13.3 Å². The summed E-state index contributed by atoms with van der Waals surface area (Å²) >= 11 is 0. The maximum Gasteiger partial charge on any atom is 0.406 e. The number of ether oxygens (including phenoxy) is 1. The molecule has 11 heteroatoms. The van der Waals surface area contributed by atoms with Crippen molar-refractivity contribution in [1.82, 2.24) is 23.7 Å². The van der Waals surface area contributed by atoms with Gasteiger partial charge in [0.2, 0.25) is 0 Å². The second-order valence-corrected chi connectivity index (χ2v) is 5.79. The molecule has 3 aromatic rings. The first kappa shape index (κ1) is 18.7. The third-order valence-electron chi connectivity index (χ3n) is 4.10. The van der Waals surface area contributed by atoms with Crippen molar-refractivity contribution in [3.05, 3.63) is 46.7 Å². The van der Waals surface area contributed by atoms with Crippen LogP contribution in [0.15, 0.2) is 29.6 Å². The first-order valence-corrected chi connectivity index (χ1v) is 7.98. The van der Waals surface area contributed by atoms with Crippen LogP contribution in [0.25, 0.3) is 11.0 Å². The first-order chi connectivity index (χ1) is 12.7. The molecule has 0 amide bonds. The van der Waals surface area contributed by atoms with Crippen molar-refractivity contribution in [3.63, 3.8) is 0 Å². The molecule has 0 fully saturated rings. The molecule has 0 aliphatic carbocycles. The van der Waals surface area contributed by atoms with E-state index in [1.165, 1.54) is 16.8 Å². The average molecular weight is 383 g/mol. The maximum absolute atomic E-state index is 12.9. The zero-order valence-corrected chi connectivity index (χ0v) is 14.5. The number of fused-ring (bicyclic) bond motifs is 1. The summed E-state index contributed by atoms with van der Waals surface area (Å²) in [5.74, 6) is -0.752. The van der Waals surface area contributed by atoms with Gasteiger partial charge < -0.3 is 9.30 Å². The number of aromatic nitrogens is 5. The Morgan fingerprint density at radius 3 is 2.59 bits per heavy atom. The second kappa shape index (κ2) is 6.89. The van der Waals surface area contributed by atoms with Crippen LogP contribution in [0.1, 0.15) is 23.1 Å². The normalized spacial score (nSPS) is 11.9. The molecule has 0 aliphatic heterocycles. The molecule has 3 heterocycles. The highest BCUT2D eigenvalue weighted by atomic mass is 19.4. The van der Waals surface area contributed by atoms with E-state index >= 15 is 0 Å². The summed E-state index contributed by atoms with van der Waals surface area (Å²) in [6, 6.07) is 1.25. The van der Waals surface area contributed by atoms with Crippen molar-refractivity contribution in [2.75, 3.05) is 7.11 Å². The summed E-state index contributed by atoms with van der Waals surface area (Å²) < 4.78 is 46.9. The lowest BCUT2D eigenvalue weighted by Crippen LogP contribution is -2.30. The molecule has 3 rings (SSSR count). The van der Waals surface area contributed by atoms with Crippen LogP contribution >= 0.6 is 0 Å². The Balaban J connectivity index is 2.21. The molecule has 0 spiro atoms. The molecule has 0 unspecified atom stereocenters. The molecule has 0 atom stereocenters. The molecular formula is C16H16F3N5O3. The quantitative estimate of drug-likeness (QED) is 0.628. The number of aryl methyl sites for hydroxylation is 1. The highest BCUT2D eigenvalue weighted by Crippen LogP contribution is 2.22. The minimum Gasteiger partial charge on any atom is -0.464 e. The number of hydrogen-bond acceptors (Lipinski definition) is 5. The van der Waals surface area contributed by atoms with E-state index in [-0.39, 0.29) is 23.3 Å². The molecule has 8 nitrogen and oxygen atoms in total. The summed E-state index contributed by atoms with van der Waals surface area (Å²) in [7, 11) is 1.16. The molecule has 3 aromatic heterocycles. The van der Waals surface area contributed by atoms with Crippen molar-refractivity contribution in [3.8, 4) is 0 Å². The molecule has 0 aromatic carbocycles. The number of pyridine rings is 1. The fraction of sp³-hybridized carbons (Fsp3) is 0.375. The van der Waals surface area contributed by atoms with Crippen LogP contribution in [0.3, 0.4) is 0 Å². The van der Waals surface area contributed by atoms with Gasteiger partial charge in [0.25, 0.3) is 0 Å². The van der Waals surface area contributed by atoms with Crippen molar-refractivity contribution in [2.24, 2.45) is 0 Å². The van der Waals surface area contributed by atoms with Crippen LogP contribution in [-0.4, -0.2) is 42.9 Å². The third kappa shape index (κ3) is 3.57. The number of methoxy groups -OCH3 is 1. The summed E-state index contributed by atoms with van der Waals surface area (Å²) in [4.78, 5) is 32.2. The van der Waals surface area contributed by atoms with Crippen LogP contribution in [0.4, 0.5) is 13.2 Å². The van der Waals surface area contributed by atoms with Crippen LogP contribution in [0.5, 0.6) is 0 Å². The molecular weight excluding hydrogens is 367 g/mol. The van der Waals surface area contributed by atoms with Crippen molar-refractivity contribution in [1.29, 1.82) is 0 Å². The van der Waals surface area contributed by atoms with E-state index in [9.17, 15) is 22.8 Å². The fourth-order valence-corrected chi connectivity index (χ4v) is 2.84. The topological polar surface area (TPSA) is 83.9 Å². The average Bonchev–Trinajstić information content (AvgIpc) is 3.17.